The first-order valence-electron chi connectivity index (χ1n) is 8.75. The van der Waals surface area contributed by atoms with Crippen molar-refractivity contribution in [2.45, 2.75) is 39.3 Å². The molecule has 140 valence electrons. The summed E-state index contributed by atoms with van der Waals surface area (Å²) in [7, 11) is 3.21. The molecule has 26 heavy (non-hydrogen) atoms. The molecule has 5 nitrogen and oxygen atoms in total. The van der Waals surface area contributed by atoms with Crippen LogP contribution in [-0.2, 0) is 17.8 Å². The average Bonchev–Trinajstić information content (AvgIpc) is 2.64. The lowest BCUT2D eigenvalue weighted by Crippen LogP contribution is -2.23. The van der Waals surface area contributed by atoms with E-state index in [4.69, 9.17) is 14.2 Å². The van der Waals surface area contributed by atoms with Gasteiger partial charge in [0.05, 0.1) is 20.3 Å². The fourth-order valence-electron chi connectivity index (χ4n) is 2.58. The van der Waals surface area contributed by atoms with E-state index in [1.54, 1.807) is 14.2 Å². The molecule has 0 aliphatic carbocycles. The molecule has 0 aliphatic rings. The van der Waals surface area contributed by atoms with Crippen LogP contribution in [0.3, 0.4) is 0 Å². The maximum Gasteiger partial charge on any atom is 0.220 e. The number of methoxy groups -OCH3 is 2. The van der Waals surface area contributed by atoms with Crippen LogP contribution in [0.5, 0.6) is 17.2 Å². The Morgan fingerprint density at radius 2 is 1.77 bits per heavy atom. The SMILES string of the molecule is COc1ccc(CCC(=O)NCc2cccc(OC(C)C)c2)cc1OC. The van der Waals surface area contributed by atoms with E-state index in [-0.39, 0.29) is 12.0 Å². The maximum atomic E-state index is 12.1. The largest absolute Gasteiger partial charge is 0.493 e. The minimum Gasteiger partial charge on any atom is -0.493 e. The number of hydrogen-bond acceptors (Lipinski definition) is 4. The van der Waals surface area contributed by atoms with Crippen LogP contribution in [0.15, 0.2) is 42.5 Å². The van der Waals surface area contributed by atoms with Crippen molar-refractivity contribution in [3.63, 3.8) is 0 Å². The summed E-state index contributed by atoms with van der Waals surface area (Å²) in [6.45, 7) is 4.46. The zero-order valence-electron chi connectivity index (χ0n) is 15.9. The highest BCUT2D eigenvalue weighted by Crippen LogP contribution is 2.27. The standard InChI is InChI=1S/C21H27NO4/c1-15(2)26-18-7-5-6-17(12-18)14-22-21(23)11-9-16-8-10-19(24-3)20(13-16)25-4/h5-8,10,12-13,15H,9,11,14H2,1-4H3,(H,22,23). The third-order valence-corrected chi connectivity index (χ3v) is 3.85. The van der Waals surface area contributed by atoms with Gasteiger partial charge in [-0.1, -0.05) is 18.2 Å². The second kappa shape index (κ2) is 9.70. The number of amides is 1. The van der Waals surface area contributed by atoms with Crippen molar-refractivity contribution < 1.29 is 19.0 Å². The summed E-state index contributed by atoms with van der Waals surface area (Å²) >= 11 is 0. The minimum absolute atomic E-state index is 0.00923. The Labute approximate surface area is 155 Å². The fourth-order valence-corrected chi connectivity index (χ4v) is 2.58. The Bertz CT molecular complexity index is 728. The normalized spacial score (nSPS) is 10.5. The van der Waals surface area contributed by atoms with Gasteiger partial charge in [0, 0.05) is 13.0 Å². The van der Waals surface area contributed by atoms with Gasteiger partial charge in [0.2, 0.25) is 5.91 Å². The summed E-state index contributed by atoms with van der Waals surface area (Å²) in [5.74, 6) is 2.18. The molecule has 1 N–H and O–H groups in total. The van der Waals surface area contributed by atoms with Crippen LogP contribution < -0.4 is 19.5 Å². The van der Waals surface area contributed by atoms with Crippen molar-refractivity contribution in [1.29, 1.82) is 0 Å². The zero-order valence-corrected chi connectivity index (χ0v) is 15.9. The van der Waals surface area contributed by atoms with Crippen molar-refractivity contribution >= 4 is 5.91 Å². The van der Waals surface area contributed by atoms with Crippen LogP contribution in [-0.4, -0.2) is 26.2 Å². The number of hydrogen-bond donors (Lipinski definition) is 1. The highest BCUT2D eigenvalue weighted by Gasteiger charge is 2.07. The molecule has 2 aromatic carbocycles. The van der Waals surface area contributed by atoms with E-state index in [0.29, 0.717) is 30.9 Å². The van der Waals surface area contributed by atoms with Gasteiger partial charge >= 0.3 is 0 Å². The van der Waals surface area contributed by atoms with Crippen molar-refractivity contribution in [3.05, 3.63) is 53.6 Å². The molecule has 0 fully saturated rings. The molecule has 0 unspecified atom stereocenters. The summed E-state index contributed by atoms with van der Waals surface area (Å²) in [4.78, 5) is 12.1. The van der Waals surface area contributed by atoms with Crippen LogP contribution in [0.4, 0.5) is 0 Å². The molecule has 2 aromatic rings. The molecular formula is C21H27NO4. The summed E-state index contributed by atoms with van der Waals surface area (Å²) in [5.41, 5.74) is 2.05. The molecule has 2 rings (SSSR count). The first-order valence-corrected chi connectivity index (χ1v) is 8.75. The van der Waals surface area contributed by atoms with Gasteiger partial charge in [-0.2, -0.15) is 0 Å². The maximum absolute atomic E-state index is 12.1. The number of carbonyl (C=O) groups is 1. The van der Waals surface area contributed by atoms with E-state index in [2.05, 4.69) is 5.32 Å². The lowest BCUT2D eigenvalue weighted by molar-refractivity contribution is -0.121. The van der Waals surface area contributed by atoms with Gasteiger partial charge in [-0.25, -0.2) is 0 Å². The van der Waals surface area contributed by atoms with Gasteiger partial charge in [0.15, 0.2) is 11.5 Å². The van der Waals surface area contributed by atoms with E-state index in [0.717, 1.165) is 16.9 Å². The molecule has 0 saturated heterocycles. The molecule has 0 atom stereocenters. The molecule has 0 aliphatic heterocycles. The van der Waals surface area contributed by atoms with Crippen LogP contribution >= 0.6 is 0 Å². The highest BCUT2D eigenvalue weighted by atomic mass is 16.5. The second-order valence-electron chi connectivity index (χ2n) is 6.28. The molecule has 0 bridgehead atoms. The third kappa shape index (κ3) is 5.99. The van der Waals surface area contributed by atoms with Gasteiger partial charge < -0.3 is 19.5 Å². The lowest BCUT2D eigenvalue weighted by atomic mass is 10.1. The molecule has 5 heteroatoms. The summed E-state index contributed by atoms with van der Waals surface area (Å²) in [6.07, 6.45) is 1.18. The van der Waals surface area contributed by atoms with E-state index < -0.39 is 0 Å². The smallest absolute Gasteiger partial charge is 0.220 e. The molecule has 0 saturated carbocycles. The molecule has 0 aromatic heterocycles. The predicted octanol–water partition coefficient (Wildman–Crippen LogP) is 3.74. The topological polar surface area (TPSA) is 56.8 Å². The van der Waals surface area contributed by atoms with E-state index in [1.165, 1.54) is 0 Å². The van der Waals surface area contributed by atoms with Gasteiger partial charge in [-0.05, 0) is 55.7 Å². The number of ether oxygens (including phenoxy) is 3. The predicted molar refractivity (Wildman–Crippen MR) is 102 cm³/mol. The summed E-state index contributed by atoms with van der Waals surface area (Å²) in [5, 5.41) is 2.95. The van der Waals surface area contributed by atoms with Gasteiger partial charge in [-0.3, -0.25) is 4.79 Å². The van der Waals surface area contributed by atoms with Crippen molar-refractivity contribution in [2.75, 3.05) is 14.2 Å². The Hall–Kier alpha value is -2.69. The molecule has 0 heterocycles. The zero-order chi connectivity index (χ0) is 18.9. The van der Waals surface area contributed by atoms with Crippen molar-refractivity contribution in [2.24, 2.45) is 0 Å². The molecule has 1 amide bonds. The third-order valence-electron chi connectivity index (χ3n) is 3.85. The first kappa shape index (κ1) is 19.6. The Morgan fingerprint density at radius 1 is 1.00 bits per heavy atom. The van der Waals surface area contributed by atoms with Gasteiger partial charge in [0.25, 0.3) is 0 Å². The van der Waals surface area contributed by atoms with E-state index >= 15 is 0 Å². The average molecular weight is 357 g/mol. The summed E-state index contributed by atoms with van der Waals surface area (Å²) < 4.78 is 16.2. The lowest BCUT2D eigenvalue weighted by Gasteiger charge is -2.12. The molecular weight excluding hydrogens is 330 g/mol. The monoisotopic (exact) mass is 357 g/mol. The van der Waals surface area contributed by atoms with Crippen LogP contribution in [0.1, 0.15) is 31.4 Å². The van der Waals surface area contributed by atoms with Gasteiger partial charge in [0.1, 0.15) is 5.75 Å². The van der Waals surface area contributed by atoms with E-state index in [1.807, 2.05) is 56.3 Å². The van der Waals surface area contributed by atoms with Gasteiger partial charge in [-0.15, -0.1) is 0 Å². The van der Waals surface area contributed by atoms with Crippen LogP contribution in [0.25, 0.3) is 0 Å². The van der Waals surface area contributed by atoms with Crippen LogP contribution in [0.2, 0.25) is 0 Å². The van der Waals surface area contributed by atoms with Crippen LogP contribution in [0, 0.1) is 0 Å². The van der Waals surface area contributed by atoms with Crippen molar-refractivity contribution in [1.82, 2.24) is 5.32 Å². The van der Waals surface area contributed by atoms with Crippen molar-refractivity contribution in [3.8, 4) is 17.2 Å². The number of carbonyl (C=O) groups excluding carboxylic acids is 1. The number of aryl methyl sites for hydroxylation is 1. The second-order valence-corrected chi connectivity index (χ2v) is 6.28. The Balaban J connectivity index is 1.84. The Kier molecular flexibility index (Phi) is 7.33. The highest BCUT2D eigenvalue weighted by molar-refractivity contribution is 5.76. The summed E-state index contributed by atoms with van der Waals surface area (Å²) in [6, 6.07) is 13.5. The fraction of sp³-hybridized carbons (Fsp3) is 0.381. The number of benzene rings is 2. The quantitative estimate of drug-likeness (QED) is 0.743. The number of nitrogens with one attached hydrogen (secondary N) is 1. The Morgan fingerprint density at radius 3 is 2.46 bits per heavy atom. The first-order chi connectivity index (χ1) is 12.5. The molecule has 0 radical (unpaired) electrons. The van der Waals surface area contributed by atoms with E-state index in [9.17, 15) is 4.79 Å². The molecule has 0 spiro atoms. The number of rotatable bonds is 9. The minimum atomic E-state index is 0.00923.